The molecule has 0 fully saturated rings. The van der Waals surface area contributed by atoms with Gasteiger partial charge in [-0.05, 0) is 37.8 Å². The van der Waals surface area contributed by atoms with Crippen molar-refractivity contribution in [3.63, 3.8) is 0 Å². The first-order chi connectivity index (χ1) is 6.89. The van der Waals surface area contributed by atoms with Crippen molar-refractivity contribution >= 4 is 5.69 Å². The predicted molar refractivity (Wildman–Crippen MR) is 68.2 cm³/mol. The summed E-state index contributed by atoms with van der Waals surface area (Å²) in [6.07, 6.45) is 1.17. The zero-order valence-corrected chi connectivity index (χ0v) is 10.6. The highest BCUT2D eigenvalue weighted by molar-refractivity contribution is 5.45. The quantitative estimate of drug-likeness (QED) is 0.772. The second-order valence-corrected chi connectivity index (χ2v) is 5.35. The monoisotopic (exact) mass is 205 g/mol. The largest absolute Gasteiger partial charge is 0.380 e. The Morgan fingerprint density at radius 1 is 1.00 bits per heavy atom. The summed E-state index contributed by atoms with van der Waals surface area (Å²) < 4.78 is 0. The molecule has 0 spiro atoms. The molecule has 0 heterocycles. The first-order valence-corrected chi connectivity index (χ1v) is 5.72. The highest BCUT2D eigenvalue weighted by Crippen LogP contribution is 2.36. The van der Waals surface area contributed by atoms with Gasteiger partial charge in [-0.1, -0.05) is 39.0 Å². The van der Waals surface area contributed by atoms with Crippen LogP contribution in [0.4, 0.5) is 5.69 Å². The van der Waals surface area contributed by atoms with E-state index in [2.05, 4.69) is 64.2 Å². The molecular formula is C14H23N. The number of rotatable bonds is 4. The molecule has 0 radical (unpaired) electrons. The van der Waals surface area contributed by atoms with Crippen LogP contribution in [-0.2, 0) is 0 Å². The lowest BCUT2D eigenvalue weighted by Gasteiger charge is -2.42. The Bertz CT molecular complexity index is 298. The summed E-state index contributed by atoms with van der Waals surface area (Å²) in [6, 6.07) is 10.4. The van der Waals surface area contributed by atoms with Crippen LogP contribution in [0, 0.1) is 5.41 Å². The van der Waals surface area contributed by atoms with Gasteiger partial charge < -0.3 is 5.32 Å². The molecule has 1 aromatic carbocycles. The molecule has 0 bridgehead atoms. The molecule has 84 valence electrons. The van der Waals surface area contributed by atoms with Crippen LogP contribution in [-0.4, -0.2) is 5.54 Å². The van der Waals surface area contributed by atoms with E-state index < -0.39 is 0 Å². The van der Waals surface area contributed by atoms with Crippen molar-refractivity contribution in [1.29, 1.82) is 0 Å². The van der Waals surface area contributed by atoms with Crippen molar-refractivity contribution in [3.05, 3.63) is 30.3 Å². The van der Waals surface area contributed by atoms with Crippen molar-refractivity contribution in [2.75, 3.05) is 5.32 Å². The summed E-state index contributed by atoms with van der Waals surface area (Å²) in [5.74, 6) is 0. The molecule has 0 aromatic heterocycles. The average molecular weight is 205 g/mol. The zero-order valence-electron chi connectivity index (χ0n) is 10.6. The van der Waals surface area contributed by atoms with Gasteiger partial charge in [0.05, 0.1) is 0 Å². The molecular weight excluding hydrogens is 182 g/mol. The minimum absolute atomic E-state index is 0.100. The van der Waals surface area contributed by atoms with E-state index in [1.165, 1.54) is 12.1 Å². The number of hydrogen-bond acceptors (Lipinski definition) is 1. The molecule has 0 unspecified atom stereocenters. The Labute approximate surface area is 93.9 Å². The van der Waals surface area contributed by atoms with E-state index in [4.69, 9.17) is 0 Å². The number of benzene rings is 1. The highest BCUT2D eigenvalue weighted by Gasteiger charge is 2.35. The van der Waals surface area contributed by atoms with Crippen LogP contribution in [0.2, 0.25) is 0 Å². The van der Waals surface area contributed by atoms with Crippen molar-refractivity contribution in [3.8, 4) is 0 Å². The third kappa shape index (κ3) is 2.74. The van der Waals surface area contributed by atoms with E-state index in [1.54, 1.807) is 0 Å². The lowest BCUT2D eigenvalue weighted by Crippen LogP contribution is -2.45. The standard InChI is InChI=1S/C14H23N/c1-6-13(2,3)14(4,5)15-12-10-8-7-9-11-12/h7-11,15H,6H2,1-5H3. The van der Waals surface area contributed by atoms with E-state index in [0.717, 1.165) is 0 Å². The Hall–Kier alpha value is -0.980. The molecule has 1 nitrogen and oxygen atoms in total. The average Bonchev–Trinajstić information content (AvgIpc) is 2.18. The molecule has 0 aliphatic heterocycles. The minimum atomic E-state index is 0.100. The molecule has 1 heteroatoms. The Balaban J connectivity index is 2.81. The molecule has 0 saturated carbocycles. The van der Waals surface area contributed by atoms with Crippen LogP contribution in [0.25, 0.3) is 0 Å². The lowest BCUT2D eigenvalue weighted by atomic mass is 9.72. The maximum absolute atomic E-state index is 3.61. The van der Waals surface area contributed by atoms with Gasteiger partial charge in [0, 0.05) is 11.2 Å². The maximum Gasteiger partial charge on any atom is 0.0368 e. The fraction of sp³-hybridized carbons (Fsp3) is 0.571. The third-order valence-corrected chi connectivity index (χ3v) is 3.81. The Morgan fingerprint density at radius 3 is 2.00 bits per heavy atom. The fourth-order valence-corrected chi connectivity index (χ4v) is 1.49. The first-order valence-electron chi connectivity index (χ1n) is 5.72. The molecule has 1 N–H and O–H groups in total. The molecule has 0 atom stereocenters. The molecule has 0 saturated heterocycles. The van der Waals surface area contributed by atoms with Gasteiger partial charge in [0.15, 0.2) is 0 Å². The predicted octanol–water partition coefficient (Wildman–Crippen LogP) is 4.31. The normalized spacial score (nSPS) is 12.6. The van der Waals surface area contributed by atoms with Crippen molar-refractivity contribution in [2.45, 2.75) is 46.6 Å². The topological polar surface area (TPSA) is 12.0 Å². The lowest BCUT2D eigenvalue weighted by molar-refractivity contribution is 0.215. The van der Waals surface area contributed by atoms with Crippen LogP contribution >= 0.6 is 0 Å². The second-order valence-electron chi connectivity index (χ2n) is 5.35. The summed E-state index contributed by atoms with van der Waals surface area (Å²) in [5.41, 5.74) is 1.58. The summed E-state index contributed by atoms with van der Waals surface area (Å²) in [5, 5.41) is 3.61. The minimum Gasteiger partial charge on any atom is -0.380 e. The van der Waals surface area contributed by atoms with Gasteiger partial charge in [0.2, 0.25) is 0 Å². The molecule has 0 amide bonds. The summed E-state index contributed by atoms with van der Waals surface area (Å²) in [6.45, 7) is 11.4. The third-order valence-electron chi connectivity index (χ3n) is 3.81. The first kappa shape index (κ1) is 12.1. The Morgan fingerprint density at radius 2 is 1.53 bits per heavy atom. The van der Waals surface area contributed by atoms with Gasteiger partial charge in [0.1, 0.15) is 0 Å². The SMILES string of the molecule is CCC(C)(C)C(C)(C)Nc1ccccc1. The number of para-hydroxylation sites is 1. The van der Waals surface area contributed by atoms with Gasteiger partial charge in [-0.15, -0.1) is 0 Å². The van der Waals surface area contributed by atoms with Gasteiger partial charge in [0.25, 0.3) is 0 Å². The van der Waals surface area contributed by atoms with Crippen LogP contribution in [0.3, 0.4) is 0 Å². The smallest absolute Gasteiger partial charge is 0.0368 e. The number of hydrogen-bond donors (Lipinski definition) is 1. The van der Waals surface area contributed by atoms with Crippen LogP contribution in [0.1, 0.15) is 41.0 Å². The van der Waals surface area contributed by atoms with Crippen molar-refractivity contribution in [2.24, 2.45) is 5.41 Å². The Kier molecular flexibility index (Phi) is 3.43. The summed E-state index contributed by atoms with van der Waals surface area (Å²) in [4.78, 5) is 0. The van der Waals surface area contributed by atoms with Crippen LogP contribution < -0.4 is 5.32 Å². The highest BCUT2D eigenvalue weighted by atomic mass is 15.0. The number of anilines is 1. The van der Waals surface area contributed by atoms with Crippen molar-refractivity contribution in [1.82, 2.24) is 0 Å². The zero-order chi connectivity index (χ0) is 11.5. The van der Waals surface area contributed by atoms with E-state index >= 15 is 0 Å². The molecule has 15 heavy (non-hydrogen) atoms. The fourth-order valence-electron chi connectivity index (χ4n) is 1.49. The maximum atomic E-state index is 3.61. The molecule has 0 aliphatic carbocycles. The van der Waals surface area contributed by atoms with Crippen LogP contribution in [0.15, 0.2) is 30.3 Å². The van der Waals surface area contributed by atoms with Crippen LogP contribution in [0.5, 0.6) is 0 Å². The molecule has 1 rings (SSSR count). The molecule has 1 aromatic rings. The number of nitrogens with one attached hydrogen (secondary N) is 1. The second kappa shape index (κ2) is 4.26. The summed E-state index contributed by atoms with van der Waals surface area (Å²) in [7, 11) is 0. The van der Waals surface area contributed by atoms with E-state index in [9.17, 15) is 0 Å². The van der Waals surface area contributed by atoms with E-state index in [1.807, 2.05) is 6.07 Å². The van der Waals surface area contributed by atoms with Gasteiger partial charge in [-0.2, -0.15) is 0 Å². The molecule has 0 aliphatic rings. The summed E-state index contributed by atoms with van der Waals surface area (Å²) >= 11 is 0. The van der Waals surface area contributed by atoms with Gasteiger partial charge in [-0.25, -0.2) is 0 Å². The van der Waals surface area contributed by atoms with E-state index in [-0.39, 0.29) is 11.0 Å². The van der Waals surface area contributed by atoms with Gasteiger partial charge >= 0.3 is 0 Å². The van der Waals surface area contributed by atoms with Crippen molar-refractivity contribution < 1.29 is 0 Å². The van der Waals surface area contributed by atoms with Gasteiger partial charge in [-0.3, -0.25) is 0 Å². The van der Waals surface area contributed by atoms with E-state index in [0.29, 0.717) is 0 Å².